The molecule has 1 heterocycles. The smallest absolute Gasteiger partial charge is 0.190 e. The fraction of sp³-hybridized carbons (Fsp3) is 0.450. The third kappa shape index (κ3) is 8.23. The van der Waals surface area contributed by atoms with Gasteiger partial charge in [0.1, 0.15) is 12.4 Å². The Kier molecular flexibility index (Phi) is 11.0. The molecule has 0 amide bonds. The van der Waals surface area contributed by atoms with Gasteiger partial charge in [0.15, 0.2) is 5.96 Å². The predicted molar refractivity (Wildman–Crippen MR) is 117 cm³/mol. The van der Waals surface area contributed by atoms with E-state index in [0.29, 0.717) is 13.2 Å². The zero-order chi connectivity index (χ0) is 17.9. The van der Waals surface area contributed by atoms with Crippen LogP contribution in [-0.4, -0.2) is 32.7 Å². The average Bonchev–Trinajstić information content (AvgIpc) is 3.11. The highest BCUT2D eigenvalue weighted by Gasteiger charge is 2.01. The van der Waals surface area contributed by atoms with Gasteiger partial charge in [0, 0.05) is 26.7 Å². The van der Waals surface area contributed by atoms with Gasteiger partial charge in [-0.05, 0) is 49.9 Å². The minimum atomic E-state index is 0. The van der Waals surface area contributed by atoms with Crippen LogP contribution in [0, 0.1) is 13.8 Å². The second-order valence-corrected chi connectivity index (χ2v) is 6.09. The first-order valence-electron chi connectivity index (χ1n) is 8.80. The summed E-state index contributed by atoms with van der Waals surface area (Å²) in [5.41, 5.74) is 4.03. The van der Waals surface area contributed by atoms with Gasteiger partial charge in [-0.1, -0.05) is 23.8 Å². The van der Waals surface area contributed by atoms with Crippen molar-refractivity contribution in [3.8, 4) is 0 Å². The van der Waals surface area contributed by atoms with Crippen molar-refractivity contribution < 1.29 is 9.15 Å². The van der Waals surface area contributed by atoms with Crippen molar-refractivity contribution in [2.24, 2.45) is 4.99 Å². The zero-order valence-corrected chi connectivity index (χ0v) is 18.2. The van der Waals surface area contributed by atoms with E-state index >= 15 is 0 Å². The Hall–Kier alpha value is -1.54. The number of rotatable bonds is 9. The molecule has 0 bridgehead atoms. The first kappa shape index (κ1) is 22.5. The van der Waals surface area contributed by atoms with Gasteiger partial charge in [0.05, 0.1) is 6.26 Å². The van der Waals surface area contributed by atoms with Gasteiger partial charge >= 0.3 is 0 Å². The molecule has 1 aromatic heterocycles. The molecule has 26 heavy (non-hydrogen) atoms. The van der Waals surface area contributed by atoms with Gasteiger partial charge in [-0.15, -0.1) is 24.0 Å². The predicted octanol–water partition coefficient (Wildman–Crippen LogP) is 3.83. The summed E-state index contributed by atoms with van der Waals surface area (Å²) in [7, 11) is 1.79. The molecule has 2 rings (SSSR count). The largest absolute Gasteiger partial charge is 0.467 e. The topological polar surface area (TPSA) is 58.8 Å². The summed E-state index contributed by atoms with van der Waals surface area (Å²) in [4.78, 5) is 4.25. The van der Waals surface area contributed by atoms with E-state index in [-0.39, 0.29) is 24.0 Å². The van der Waals surface area contributed by atoms with Crippen LogP contribution in [0.3, 0.4) is 0 Å². The van der Waals surface area contributed by atoms with Crippen LogP contribution in [0.5, 0.6) is 0 Å². The molecule has 0 spiro atoms. The van der Waals surface area contributed by atoms with Crippen LogP contribution < -0.4 is 10.6 Å². The second-order valence-electron chi connectivity index (χ2n) is 6.09. The average molecular weight is 471 g/mol. The van der Waals surface area contributed by atoms with Gasteiger partial charge in [-0.3, -0.25) is 4.99 Å². The maximum Gasteiger partial charge on any atom is 0.190 e. The quantitative estimate of drug-likeness (QED) is 0.253. The number of guanidine groups is 1. The molecular weight excluding hydrogens is 441 g/mol. The lowest BCUT2D eigenvalue weighted by molar-refractivity contribution is 0.105. The number of aliphatic imine (C=N–C) groups is 1. The lowest BCUT2D eigenvalue weighted by Crippen LogP contribution is -2.39. The van der Waals surface area contributed by atoms with E-state index in [9.17, 15) is 0 Å². The molecule has 0 radical (unpaired) electrons. The van der Waals surface area contributed by atoms with E-state index in [1.807, 2.05) is 12.1 Å². The summed E-state index contributed by atoms with van der Waals surface area (Å²) >= 11 is 0. The van der Waals surface area contributed by atoms with Crippen molar-refractivity contribution >= 4 is 29.9 Å². The van der Waals surface area contributed by atoms with Crippen LogP contribution in [-0.2, 0) is 17.8 Å². The van der Waals surface area contributed by atoms with Gasteiger partial charge in [0.2, 0.25) is 0 Å². The lowest BCUT2D eigenvalue weighted by Gasteiger charge is -2.13. The normalized spacial score (nSPS) is 11.1. The molecule has 0 aliphatic carbocycles. The zero-order valence-electron chi connectivity index (χ0n) is 15.9. The number of aryl methyl sites for hydroxylation is 2. The summed E-state index contributed by atoms with van der Waals surface area (Å²) in [6, 6.07) is 10.4. The molecule has 0 aliphatic rings. The van der Waals surface area contributed by atoms with Gasteiger partial charge in [0.25, 0.3) is 0 Å². The molecule has 0 fully saturated rings. The van der Waals surface area contributed by atoms with Gasteiger partial charge < -0.3 is 19.8 Å². The van der Waals surface area contributed by atoms with Gasteiger partial charge in [-0.2, -0.15) is 0 Å². The number of halogens is 1. The molecule has 0 unspecified atom stereocenters. The highest BCUT2D eigenvalue weighted by Crippen LogP contribution is 2.10. The third-order valence-corrected chi connectivity index (χ3v) is 3.99. The number of ether oxygens (including phenoxy) is 1. The third-order valence-electron chi connectivity index (χ3n) is 3.99. The first-order chi connectivity index (χ1) is 12.2. The van der Waals surface area contributed by atoms with E-state index in [0.717, 1.165) is 37.7 Å². The Morgan fingerprint density at radius 1 is 1.15 bits per heavy atom. The standard InChI is InChI=1S/C20H29N3O2.HI/c1-16-7-8-18(17(2)14-16)9-11-23-20(21-3)22-10-5-12-24-15-19-6-4-13-25-19;/h4,6-8,13-14H,5,9-12,15H2,1-3H3,(H2,21,22,23);1H. The van der Waals surface area contributed by atoms with Crippen molar-refractivity contribution in [2.45, 2.75) is 33.3 Å². The molecule has 0 aliphatic heterocycles. The maximum atomic E-state index is 5.56. The second kappa shape index (κ2) is 12.8. The van der Waals surface area contributed by atoms with Crippen molar-refractivity contribution in [3.63, 3.8) is 0 Å². The van der Waals surface area contributed by atoms with Crippen molar-refractivity contribution in [3.05, 3.63) is 59.0 Å². The Bertz CT molecular complexity index is 657. The molecule has 2 N–H and O–H groups in total. The molecule has 1 aromatic carbocycles. The van der Waals surface area contributed by atoms with Crippen LogP contribution in [0.25, 0.3) is 0 Å². The molecule has 5 nitrogen and oxygen atoms in total. The van der Waals surface area contributed by atoms with Crippen LogP contribution >= 0.6 is 24.0 Å². The Labute approximate surface area is 173 Å². The highest BCUT2D eigenvalue weighted by molar-refractivity contribution is 14.0. The maximum absolute atomic E-state index is 5.56. The number of hydrogen-bond donors (Lipinski definition) is 2. The Morgan fingerprint density at radius 2 is 1.96 bits per heavy atom. The number of nitrogens with zero attached hydrogens (tertiary/aromatic N) is 1. The Balaban J connectivity index is 0.00000338. The van der Waals surface area contributed by atoms with E-state index in [2.05, 4.69) is 47.7 Å². The van der Waals surface area contributed by atoms with Crippen molar-refractivity contribution in [1.29, 1.82) is 0 Å². The summed E-state index contributed by atoms with van der Waals surface area (Å²) < 4.78 is 10.8. The van der Waals surface area contributed by atoms with E-state index in [4.69, 9.17) is 9.15 Å². The lowest BCUT2D eigenvalue weighted by atomic mass is 10.0. The summed E-state index contributed by atoms with van der Waals surface area (Å²) in [6.07, 6.45) is 3.56. The number of benzene rings is 1. The van der Waals surface area contributed by atoms with Gasteiger partial charge in [-0.25, -0.2) is 0 Å². The number of hydrogen-bond acceptors (Lipinski definition) is 3. The summed E-state index contributed by atoms with van der Waals surface area (Å²) in [5, 5.41) is 6.66. The van der Waals surface area contributed by atoms with Crippen LogP contribution in [0.1, 0.15) is 28.9 Å². The SMILES string of the molecule is CN=C(NCCCOCc1ccco1)NCCc1ccc(C)cc1C.I. The van der Waals surface area contributed by atoms with Crippen LogP contribution in [0.4, 0.5) is 0 Å². The molecule has 6 heteroatoms. The fourth-order valence-electron chi connectivity index (χ4n) is 2.61. The number of nitrogens with one attached hydrogen (secondary N) is 2. The van der Waals surface area contributed by atoms with E-state index in [1.165, 1.54) is 16.7 Å². The highest BCUT2D eigenvalue weighted by atomic mass is 127. The minimum Gasteiger partial charge on any atom is -0.467 e. The van der Waals surface area contributed by atoms with Crippen molar-refractivity contribution in [1.82, 2.24) is 10.6 Å². The molecule has 144 valence electrons. The van der Waals surface area contributed by atoms with E-state index < -0.39 is 0 Å². The molecular formula is C20H30IN3O2. The fourth-order valence-corrected chi connectivity index (χ4v) is 2.61. The minimum absolute atomic E-state index is 0. The molecule has 0 saturated carbocycles. The first-order valence-corrected chi connectivity index (χ1v) is 8.80. The summed E-state index contributed by atoms with van der Waals surface area (Å²) in [6.45, 7) is 7.18. The summed E-state index contributed by atoms with van der Waals surface area (Å²) in [5.74, 6) is 1.69. The molecule has 0 saturated heterocycles. The Morgan fingerprint density at radius 3 is 2.65 bits per heavy atom. The van der Waals surface area contributed by atoms with Crippen LogP contribution in [0.15, 0.2) is 46.0 Å². The van der Waals surface area contributed by atoms with E-state index in [1.54, 1.807) is 13.3 Å². The van der Waals surface area contributed by atoms with Crippen molar-refractivity contribution in [2.75, 3.05) is 26.7 Å². The number of furan rings is 1. The monoisotopic (exact) mass is 471 g/mol. The molecule has 0 atom stereocenters. The van der Waals surface area contributed by atoms with Crippen LogP contribution in [0.2, 0.25) is 0 Å². The molecule has 2 aromatic rings.